The van der Waals surface area contributed by atoms with Gasteiger partial charge in [-0.15, -0.1) is 0 Å². The Balaban J connectivity index is 3.13. The van der Waals surface area contributed by atoms with Gasteiger partial charge in [0.05, 0.1) is 17.8 Å². The molecule has 0 fully saturated rings. The third-order valence-electron chi connectivity index (χ3n) is 1.31. The van der Waals surface area contributed by atoms with Crippen molar-refractivity contribution in [3.63, 3.8) is 0 Å². The third kappa shape index (κ3) is 1.84. The van der Waals surface area contributed by atoms with Gasteiger partial charge in [0.25, 0.3) is 0 Å². The number of halogens is 1. The molecule has 3 nitrogen and oxygen atoms in total. The molecule has 0 saturated heterocycles. The van der Waals surface area contributed by atoms with Crippen molar-refractivity contribution in [3.8, 4) is 5.75 Å². The fourth-order valence-corrected chi connectivity index (χ4v) is 0.965. The molecule has 4 heteroatoms. The van der Waals surface area contributed by atoms with E-state index in [2.05, 4.69) is 4.99 Å². The van der Waals surface area contributed by atoms with Crippen LogP contribution in [0.25, 0.3) is 0 Å². The van der Waals surface area contributed by atoms with Crippen LogP contribution >= 0.6 is 11.6 Å². The second kappa shape index (κ2) is 3.90. The molecule has 0 bridgehead atoms. The predicted molar refractivity (Wildman–Crippen MR) is 45.8 cm³/mol. The van der Waals surface area contributed by atoms with Gasteiger partial charge in [-0.2, -0.15) is 4.99 Å². The zero-order valence-corrected chi connectivity index (χ0v) is 7.13. The van der Waals surface area contributed by atoms with Crippen molar-refractivity contribution in [3.05, 3.63) is 23.2 Å². The molecular formula is C8H6ClNO2. The van der Waals surface area contributed by atoms with Crippen molar-refractivity contribution < 1.29 is 9.53 Å². The molecule has 12 heavy (non-hydrogen) atoms. The van der Waals surface area contributed by atoms with Gasteiger partial charge < -0.3 is 4.74 Å². The highest BCUT2D eigenvalue weighted by Gasteiger charge is 1.99. The van der Waals surface area contributed by atoms with Gasteiger partial charge in [0.2, 0.25) is 6.08 Å². The first-order chi connectivity index (χ1) is 5.77. The highest BCUT2D eigenvalue weighted by molar-refractivity contribution is 6.32. The van der Waals surface area contributed by atoms with Crippen LogP contribution in [0.1, 0.15) is 0 Å². The highest BCUT2D eigenvalue weighted by Crippen LogP contribution is 2.28. The summed E-state index contributed by atoms with van der Waals surface area (Å²) in [7, 11) is 1.50. The van der Waals surface area contributed by atoms with Gasteiger partial charge in [0.1, 0.15) is 5.75 Å². The zero-order chi connectivity index (χ0) is 8.97. The van der Waals surface area contributed by atoms with Crippen molar-refractivity contribution in [2.75, 3.05) is 7.11 Å². The van der Waals surface area contributed by atoms with Gasteiger partial charge in [-0.1, -0.05) is 11.6 Å². The zero-order valence-electron chi connectivity index (χ0n) is 6.37. The molecule has 0 saturated carbocycles. The number of aliphatic imine (C=N–C) groups is 1. The first-order valence-electron chi connectivity index (χ1n) is 3.19. The summed E-state index contributed by atoms with van der Waals surface area (Å²) in [5, 5.41) is 0.488. The molecule has 0 radical (unpaired) electrons. The first kappa shape index (κ1) is 8.78. The Morgan fingerprint density at radius 1 is 1.58 bits per heavy atom. The molecule has 0 aromatic heterocycles. The maximum atomic E-state index is 9.89. The summed E-state index contributed by atoms with van der Waals surface area (Å²) in [5.74, 6) is 0.494. The fraction of sp³-hybridized carbons (Fsp3) is 0.125. The minimum absolute atomic E-state index is 0.478. The Bertz CT molecular complexity index is 332. The lowest BCUT2D eigenvalue weighted by atomic mass is 10.3. The van der Waals surface area contributed by atoms with Crippen LogP contribution in [-0.2, 0) is 4.79 Å². The van der Waals surface area contributed by atoms with E-state index in [1.165, 1.54) is 13.2 Å². The summed E-state index contributed by atoms with van der Waals surface area (Å²) < 4.78 is 4.91. The monoisotopic (exact) mass is 183 g/mol. The Morgan fingerprint density at radius 3 is 2.92 bits per heavy atom. The van der Waals surface area contributed by atoms with Gasteiger partial charge in [-0.3, -0.25) is 0 Å². The number of methoxy groups -OCH3 is 1. The van der Waals surface area contributed by atoms with Gasteiger partial charge in [0.15, 0.2) is 0 Å². The number of rotatable bonds is 2. The number of ether oxygens (including phenoxy) is 1. The molecule has 62 valence electrons. The van der Waals surface area contributed by atoms with Crippen LogP contribution in [0.5, 0.6) is 5.75 Å². The van der Waals surface area contributed by atoms with Crippen LogP contribution in [-0.4, -0.2) is 13.2 Å². The summed E-state index contributed by atoms with van der Waals surface area (Å²) in [6.07, 6.45) is 1.43. The van der Waals surface area contributed by atoms with E-state index >= 15 is 0 Å². The van der Waals surface area contributed by atoms with E-state index in [1.807, 2.05) is 0 Å². The SMILES string of the molecule is COc1cc(N=C=O)ccc1Cl. The van der Waals surface area contributed by atoms with Crippen molar-refractivity contribution >= 4 is 23.4 Å². The number of hydrogen-bond acceptors (Lipinski definition) is 3. The minimum atomic E-state index is 0.478. The molecule has 0 atom stereocenters. The number of benzene rings is 1. The molecular weight excluding hydrogens is 178 g/mol. The first-order valence-corrected chi connectivity index (χ1v) is 3.57. The lowest BCUT2D eigenvalue weighted by Crippen LogP contribution is -1.82. The molecule has 1 aromatic carbocycles. The Kier molecular flexibility index (Phi) is 2.86. The number of carbonyl (C=O) groups excluding carboxylic acids is 1. The second-order valence-corrected chi connectivity index (χ2v) is 2.43. The number of hydrogen-bond donors (Lipinski definition) is 0. The number of nitrogens with zero attached hydrogens (tertiary/aromatic N) is 1. The van der Waals surface area contributed by atoms with Crippen LogP contribution in [0.4, 0.5) is 5.69 Å². The second-order valence-electron chi connectivity index (χ2n) is 2.02. The quantitative estimate of drug-likeness (QED) is 0.521. The van der Waals surface area contributed by atoms with Crippen molar-refractivity contribution in [2.45, 2.75) is 0 Å². The fourth-order valence-electron chi connectivity index (χ4n) is 0.771. The molecule has 0 amide bonds. The van der Waals surface area contributed by atoms with E-state index in [0.29, 0.717) is 16.5 Å². The Labute approximate surface area is 74.6 Å². The average molecular weight is 184 g/mol. The minimum Gasteiger partial charge on any atom is -0.495 e. The third-order valence-corrected chi connectivity index (χ3v) is 1.62. The summed E-state index contributed by atoms with van der Waals surface area (Å²) in [6.45, 7) is 0. The maximum absolute atomic E-state index is 9.89. The molecule has 0 N–H and O–H groups in total. The van der Waals surface area contributed by atoms with Crippen LogP contribution in [0, 0.1) is 0 Å². The number of isocyanates is 1. The predicted octanol–water partition coefficient (Wildman–Crippen LogP) is 2.32. The Hall–Kier alpha value is -1.31. The smallest absolute Gasteiger partial charge is 0.240 e. The Morgan fingerprint density at radius 2 is 2.33 bits per heavy atom. The average Bonchev–Trinajstić information content (AvgIpc) is 2.09. The van der Waals surface area contributed by atoms with Crippen LogP contribution in [0.2, 0.25) is 5.02 Å². The summed E-state index contributed by atoms with van der Waals surface area (Å²) in [6, 6.07) is 4.78. The van der Waals surface area contributed by atoms with E-state index in [4.69, 9.17) is 16.3 Å². The van der Waals surface area contributed by atoms with Gasteiger partial charge >= 0.3 is 0 Å². The largest absolute Gasteiger partial charge is 0.495 e. The molecule has 0 aliphatic heterocycles. The van der Waals surface area contributed by atoms with Gasteiger partial charge in [-0.05, 0) is 12.1 Å². The lowest BCUT2D eigenvalue weighted by Gasteiger charge is -2.01. The molecule has 0 spiro atoms. The molecule has 0 unspecified atom stereocenters. The highest BCUT2D eigenvalue weighted by atomic mass is 35.5. The van der Waals surface area contributed by atoms with Crippen molar-refractivity contribution in [1.29, 1.82) is 0 Å². The maximum Gasteiger partial charge on any atom is 0.240 e. The summed E-state index contributed by atoms with van der Waals surface area (Å²) in [5.41, 5.74) is 0.478. The lowest BCUT2D eigenvalue weighted by molar-refractivity contribution is 0.415. The molecule has 1 aromatic rings. The summed E-state index contributed by atoms with van der Waals surface area (Å²) in [4.78, 5) is 13.3. The molecule has 0 heterocycles. The van der Waals surface area contributed by atoms with E-state index < -0.39 is 0 Å². The van der Waals surface area contributed by atoms with E-state index in [9.17, 15) is 4.79 Å². The standard InChI is InChI=1S/C8H6ClNO2/c1-12-8-4-6(10-5-11)2-3-7(8)9/h2-4H,1H3. The molecule has 0 aliphatic carbocycles. The molecule has 1 rings (SSSR count). The topological polar surface area (TPSA) is 38.7 Å². The van der Waals surface area contributed by atoms with E-state index in [1.54, 1.807) is 18.2 Å². The molecule has 0 aliphatic rings. The van der Waals surface area contributed by atoms with Crippen LogP contribution in [0.15, 0.2) is 23.2 Å². The van der Waals surface area contributed by atoms with E-state index in [0.717, 1.165) is 0 Å². The van der Waals surface area contributed by atoms with E-state index in [-0.39, 0.29) is 0 Å². The van der Waals surface area contributed by atoms with Crippen molar-refractivity contribution in [2.24, 2.45) is 4.99 Å². The van der Waals surface area contributed by atoms with Crippen LogP contribution in [0.3, 0.4) is 0 Å². The van der Waals surface area contributed by atoms with Crippen molar-refractivity contribution in [1.82, 2.24) is 0 Å². The normalized spacial score (nSPS) is 8.83. The summed E-state index contributed by atoms with van der Waals surface area (Å²) >= 11 is 5.73. The van der Waals surface area contributed by atoms with Gasteiger partial charge in [0, 0.05) is 6.07 Å². The van der Waals surface area contributed by atoms with Crippen LogP contribution < -0.4 is 4.74 Å². The van der Waals surface area contributed by atoms with Gasteiger partial charge in [-0.25, -0.2) is 4.79 Å².